The lowest BCUT2D eigenvalue weighted by Gasteiger charge is -1.90. The van der Waals surface area contributed by atoms with Crippen LogP contribution in [0.15, 0.2) is 29.6 Å². The van der Waals surface area contributed by atoms with Gasteiger partial charge in [0.05, 0.1) is 4.49 Å². The van der Waals surface area contributed by atoms with Gasteiger partial charge in [0.2, 0.25) is 5.69 Å². The Morgan fingerprint density at radius 1 is 1.31 bits per heavy atom. The maximum absolute atomic E-state index is 9.38. The molecule has 0 saturated carbocycles. The van der Waals surface area contributed by atoms with Crippen LogP contribution in [0, 0.1) is 6.92 Å². The number of aryl methyl sites for hydroxylation is 1. The smallest absolute Gasteiger partial charge is 0.409 e. The van der Waals surface area contributed by atoms with E-state index in [9.17, 15) is 5.11 Å². The van der Waals surface area contributed by atoms with Crippen LogP contribution < -0.4 is 4.68 Å². The highest BCUT2D eigenvalue weighted by atomic mass is 32.1. The first-order chi connectivity index (χ1) is 6.27. The second-order valence-corrected chi connectivity index (χ2v) is 3.42. The molecule has 0 amide bonds. The summed E-state index contributed by atoms with van der Waals surface area (Å²) in [6.45, 7) is 2.02. The average Bonchev–Trinajstić information content (AvgIpc) is 2.53. The Bertz CT molecular complexity index is 408. The molecule has 1 heterocycles. The van der Waals surface area contributed by atoms with Gasteiger partial charge in [0, 0.05) is 28.3 Å². The zero-order chi connectivity index (χ0) is 9.26. The van der Waals surface area contributed by atoms with Gasteiger partial charge in [0.25, 0.3) is 0 Å². The van der Waals surface area contributed by atoms with E-state index in [1.165, 1.54) is 21.8 Å². The third-order valence-corrected chi connectivity index (χ3v) is 2.36. The highest BCUT2D eigenvalue weighted by Crippen LogP contribution is 2.08. The molecule has 0 saturated heterocycles. The van der Waals surface area contributed by atoms with E-state index >= 15 is 0 Å². The lowest BCUT2D eigenvalue weighted by atomic mass is 10.2. The second kappa shape index (κ2) is 3.14. The van der Waals surface area contributed by atoms with Gasteiger partial charge in [-0.15, -0.1) is 0 Å². The number of aromatic hydroxyl groups is 1. The molecule has 3 nitrogen and oxygen atoms in total. The molecule has 0 aliphatic carbocycles. The Morgan fingerprint density at radius 3 is 2.54 bits per heavy atom. The number of hydrogen-bond acceptors (Lipinski definition) is 3. The Labute approximate surface area is 80.0 Å². The van der Waals surface area contributed by atoms with Crippen molar-refractivity contribution >= 4 is 11.5 Å². The Balaban J connectivity index is 2.47. The lowest BCUT2D eigenvalue weighted by molar-refractivity contribution is -0.657. The topological polar surface area (TPSA) is 37.0 Å². The molecular weight excluding hydrogens is 184 g/mol. The van der Waals surface area contributed by atoms with Crippen LogP contribution in [0.25, 0.3) is 5.69 Å². The summed E-state index contributed by atoms with van der Waals surface area (Å²) in [7, 11) is 0. The van der Waals surface area contributed by atoms with Gasteiger partial charge in [0.1, 0.15) is 5.38 Å². The predicted octanol–water partition coefficient (Wildman–Crippen LogP) is 1.43. The summed E-state index contributed by atoms with van der Waals surface area (Å²) in [6, 6.07) is 7.83. The van der Waals surface area contributed by atoms with Crippen molar-refractivity contribution in [2.45, 2.75) is 6.92 Å². The molecule has 0 radical (unpaired) electrons. The summed E-state index contributed by atoms with van der Waals surface area (Å²) >= 11 is 1.23. The number of nitrogens with zero attached hydrogens (tertiary/aromatic N) is 2. The molecule has 1 aromatic heterocycles. The van der Waals surface area contributed by atoms with E-state index in [-0.39, 0.29) is 5.88 Å². The maximum Gasteiger partial charge on any atom is 0.409 e. The van der Waals surface area contributed by atoms with Gasteiger partial charge in [-0.05, 0) is 6.92 Å². The SMILES string of the molecule is Cc1ccc(-[n+]2nscc2O)cc1. The molecule has 0 atom stereocenters. The molecule has 66 valence electrons. The van der Waals surface area contributed by atoms with Gasteiger partial charge >= 0.3 is 5.88 Å². The number of rotatable bonds is 1. The number of aromatic nitrogens is 2. The van der Waals surface area contributed by atoms with Gasteiger partial charge in [-0.25, -0.2) is 0 Å². The van der Waals surface area contributed by atoms with Gasteiger partial charge < -0.3 is 5.11 Å². The molecule has 0 unspecified atom stereocenters. The van der Waals surface area contributed by atoms with E-state index in [0.29, 0.717) is 0 Å². The number of hydrogen-bond donors (Lipinski definition) is 1. The fourth-order valence-electron chi connectivity index (χ4n) is 1.07. The van der Waals surface area contributed by atoms with Crippen LogP contribution in [0.5, 0.6) is 5.88 Å². The molecule has 0 spiro atoms. The Hall–Kier alpha value is -1.42. The summed E-state index contributed by atoms with van der Waals surface area (Å²) in [5.41, 5.74) is 2.07. The van der Waals surface area contributed by atoms with Crippen LogP contribution in [0.4, 0.5) is 0 Å². The second-order valence-electron chi connectivity index (χ2n) is 2.81. The first-order valence-electron chi connectivity index (χ1n) is 3.90. The molecule has 0 fully saturated rings. The molecule has 2 aromatic rings. The molecular formula is C9H9N2OS+. The number of benzene rings is 1. The van der Waals surface area contributed by atoms with Gasteiger partial charge in [-0.1, -0.05) is 17.7 Å². The fraction of sp³-hybridized carbons (Fsp3) is 0.111. The molecule has 0 bridgehead atoms. The Morgan fingerprint density at radius 2 is 2.00 bits per heavy atom. The normalized spacial score (nSPS) is 10.2. The minimum absolute atomic E-state index is 0.175. The van der Waals surface area contributed by atoms with Crippen LogP contribution in [0.2, 0.25) is 0 Å². The summed E-state index contributed by atoms with van der Waals surface area (Å²) in [5.74, 6) is 0.175. The van der Waals surface area contributed by atoms with Crippen molar-refractivity contribution in [3.05, 3.63) is 35.2 Å². The minimum atomic E-state index is 0.175. The predicted molar refractivity (Wildman–Crippen MR) is 50.0 cm³/mol. The van der Waals surface area contributed by atoms with Crippen LogP contribution in [-0.2, 0) is 0 Å². The molecule has 0 aliphatic rings. The first kappa shape index (κ1) is 8.19. The lowest BCUT2D eigenvalue weighted by Crippen LogP contribution is -2.31. The largest absolute Gasteiger partial charge is 0.457 e. The third-order valence-electron chi connectivity index (χ3n) is 1.78. The van der Waals surface area contributed by atoms with Gasteiger partial charge in [0.15, 0.2) is 0 Å². The standard InChI is InChI=1S/C9H8N2OS/c1-7-2-4-8(5-3-7)11-9(12)6-13-10-11/h2-6H,1H3/p+1. The van der Waals surface area contributed by atoms with E-state index in [2.05, 4.69) is 4.49 Å². The van der Waals surface area contributed by atoms with Crippen molar-refractivity contribution in [1.29, 1.82) is 0 Å². The van der Waals surface area contributed by atoms with E-state index in [1.807, 2.05) is 31.2 Å². The van der Waals surface area contributed by atoms with Crippen LogP contribution >= 0.6 is 11.5 Å². The summed E-state index contributed by atoms with van der Waals surface area (Å²) in [5, 5.41) is 11.0. The van der Waals surface area contributed by atoms with Crippen molar-refractivity contribution in [3.63, 3.8) is 0 Å². The molecule has 1 aromatic carbocycles. The highest BCUT2D eigenvalue weighted by Gasteiger charge is 2.15. The van der Waals surface area contributed by atoms with Gasteiger partial charge in [-0.2, -0.15) is 0 Å². The minimum Gasteiger partial charge on any atom is -0.457 e. The molecule has 4 heteroatoms. The van der Waals surface area contributed by atoms with E-state index < -0.39 is 0 Å². The van der Waals surface area contributed by atoms with E-state index in [0.717, 1.165) is 5.69 Å². The fourth-order valence-corrected chi connectivity index (χ4v) is 1.59. The van der Waals surface area contributed by atoms with E-state index in [1.54, 1.807) is 5.38 Å². The van der Waals surface area contributed by atoms with Crippen LogP contribution in [0.1, 0.15) is 5.56 Å². The molecule has 2 rings (SSSR count). The monoisotopic (exact) mass is 193 g/mol. The van der Waals surface area contributed by atoms with Crippen LogP contribution in [-0.4, -0.2) is 9.59 Å². The molecule has 0 aliphatic heterocycles. The van der Waals surface area contributed by atoms with E-state index in [4.69, 9.17) is 0 Å². The molecule has 13 heavy (non-hydrogen) atoms. The van der Waals surface area contributed by atoms with Crippen LogP contribution in [0.3, 0.4) is 0 Å². The van der Waals surface area contributed by atoms with Crippen molar-refractivity contribution in [2.24, 2.45) is 0 Å². The summed E-state index contributed by atoms with van der Waals surface area (Å²) in [4.78, 5) is 0. The first-order valence-corrected chi connectivity index (χ1v) is 4.74. The highest BCUT2D eigenvalue weighted by molar-refractivity contribution is 7.03. The summed E-state index contributed by atoms with van der Waals surface area (Å²) in [6.07, 6.45) is 0. The third kappa shape index (κ3) is 1.53. The van der Waals surface area contributed by atoms with Crippen molar-refractivity contribution < 1.29 is 9.79 Å². The molecule has 1 N–H and O–H groups in total. The zero-order valence-corrected chi connectivity index (χ0v) is 7.95. The quantitative estimate of drug-likeness (QED) is 0.696. The maximum atomic E-state index is 9.38. The van der Waals surface area contributed by atoms with Gasteiger partial charge in [-0.3, -0.25) is 0 Å². The van der Waals surface area contributed by atoms with Crippen molar-refractivity contribution in [2.75, 3.05) is 0 Å². The van der Waals surface area contributed by atoms with Crippen molar-refractivity contribution in [1.82, 2.24) is 4.49 Å². The van der Waals surface area contributed by atoms with Crippen molar-refractivity contribution in [3.8, 4) is 11.6 Å². The zero-order valence-electron chi connectivity index (χ0n) is 7.14. The summed E-state index contributed by atoms with van der Waals surface area (Å²) < 4.78 is 5.53. The average molecular weight is 193 g/mol. The Kier molecular flexibility index (Phi) is 1.98.